The van der Waals surface area contributed by atoms with Crippen LogP contribution in [0.25, 0.3) is 0 Å². The molecule has 0 aromatic rings. The Morgan fingerprint density at radius 2 is 2.20 bits per heavy atom. The Kier molecular flexibility index (Phi) is 5.58. The lowest BCUT2D eigenvalue weighted by Gasteiger charge is -2.38. The molecule has 1 fully saturated rings. The Morgan fingerprint density at radius 1 is 1.47 bits per heavy atom. The summed E-state index contributed by atoms with van der Waals surface area (Å²) in [6, 6.07) is 0.544. The first-order valence-electron chi connectivity index (χ1n) is 6.23. The minimum atomic E-state index is 0.417. The molecule has 2 unspecified atom stereocenters. The van der Waals surface area contributed by atoms with Crippen LogP contribution in [-0.2, 0) is 4.74 Å². The largest absolute Gasteiger partial charge is 0.376 e. The summed E-state index contributed by atoms with van der Waals surface area (Å²) in [4.78, 5) is 2.51. The van der Waals surface area contributed by atoms with Crippen LogP contribution in [0.5, 0.6) is 0 Å². The summed E-state index contributed by atoms with van der Waals surface area (Å²) in [5.74, 6) is 0.724. The van der Waals surface area contributed by atoms with Crippen molar-refractivity contribution >= 4 is 0 Å². The number of morpholine rings is 1. The lowest BCUT2D eigenvalue weighted by atomic mass is 10.0. The summed E-state index contributed by atoms with van der Waals surface area (Å²) in [7, 11) is 0. The molecular formula is C12H26N2O. The molecule has 2 N–H and O–H groups in total. The molecule has 0 saturated carbocycles. The van der Waals surface area contributed by atoms with E-state index in [9.17, 15) is 0 Å². The van der Waals surface area contributed by atoms with Gasteiger partial charge in [0.05, 0.1) is 12.7 Å². The third kappa shape index (κ3) is 4.09. The summed E-state index contributed by atoms with van der Waals surface area (Å²) in [6.45, 7) is 10.5. The van der Waals surface area contributed by atoms with Crippen molar-refractivity contribution in [2.75, 3.05) is 26.2 Å². The molecule has 90 valence electrons. The fraction of sp³-hybridized carbons (Fsp3) is 1.00. The van der Waals surface area contributed by atoms with Crippen LogP contribution in [0.1, 0.15) is 33.6 Å². The predicted molar refractivity (Wildman–Crippen MR) is 63.9 cm³/mol. The average Bonchev–Trinajstić information content (AvgIpc) is 2.25. The van der Waals surface area contributed by atoms with Crippen molar-refractivity contribution < 1.29 is 4.74 Å². The van der Waals surface area contributed by atoms with Crippen LogP contribution >= 0.6 is 0 Å². The van der Waals surface area contributed by atoms with Crippen LogP contribution in [0, 0.1) is 5.92 Å². The zero-order valence-corrected chi connectivity index (χ0v) is 10.4. The second-order valence-corrected chi connectivity index (χ2v) is 4.92. The molecule has 0 aromatic heterocycles. The molecule has 3 heteroatoms. The van der Waals surface area contributed by atoms with Gasteiger partial charge in [0, 0.05) is 25.7 Å². The van der Waals surface area contributed by atoms with Gasteiger partial charge < -0.3 is 10.5 Å². The highest BCUT2D eigenvalue weighted by Gasteiger charge is 2.24. The molecular weight excluding hydrogens is 188 g/mol. The lowest BCUT2D eigenvalue weighted by molar-refractivity contribution is -0.0456. The van der Waals surface area contributed by atoms with Gasteiger partial charge in [0.1, 0.15) is 0 Å². The quantitative estimate of drug-likeness (QED) is 0.753. The zero-order chi connectivity index (χ0) is 11.3. The molecule has 1 heterocycles. The normalized spacial score (nSPS) is 25.8. The van der Waals surface area contributed by atoms with Crippen molar-refractivity contribution in [1.29, 1.82) is 0 Å². The van der Waals surface area contributed by atoms with E-state index < -0.39 is 0 Å². The van der Waals surface area contributed by atoms with Crippen LogP contribution in [0.15, 0.2) is 0 Å². The Balaban J connectivity index is 2.44. The molecule has 1 aliphatic heterocycles. The summed E-state index contributed by atoms with van der Waals surface area (Å²) < 4.78 is 5.67. The van der Waals surface area contributed by atoms with Crippen LogP contribution in [-0.4, -0.2) is 43.3 Å². The molecule has 0 aliphatic carbocycles. The van der Waals surface area contributed by atoms with Crippen molar-refractivity contribution in [3.63, 3.8) is 0 Å². The smallest absolute Gasteiger partial charge is 0.0700 e. The molecule has 0 aromatic carbocycles. The number of nitrogens with zero attached hydrogens (tertiary/aromatic N) is 1. The van der Waals surface area contributed by atoms with E-state index >= 15 is 0 Å². The van der Waals surface area contributed by atoms with Gasteiger partial charge in [-0.2, -0.15) is 0 Å². The van der Waals surface area contributed by atoms with Gasteiger partial charge in [0.2, 0.25) is 0 Å². The summed E-state index contributed by atoms with van der Waals surface area (Å²) in [5, 5.41) is 0. The third-order valence-electron chi connectivity index (χ3n) is 3.16. The van der Waals surface area contributed by atoms with Gasteiger partial charge in [0.25, 0.3) is 0 Å². The highest BCUT2D eigenvalue weighted by molar-refractivity contribution is 4.79. The standard InChI is InChI=1S/C12H26N2O/c1-4-12-9-14(5-6-15-12)11(8-13)7-10(2)3/h10-12H,4-9,13H2,1-3H3. The van der Waals surface area contributed by atoms with Crippen LogP contribution in [0.3, 0.4) is 0 Å². The van der Waals surface area contributed by atoms with Crippen LogP contribution < -0.4 is 5.73 Å². The van der Waals surface area contributed by atoms with E-state index in [-0.39, 0.29) is 0 Å². The van der Waals surface area contributed by atoms with Gasteiger partial charge in [-0.15, -0.1) is 0 Å². The number of ether oxygens (including phenoxy) is 1. The van der Waals surface area contributed by atoms with Gasteiger partial charge in [-0.1, -0.05) is 20.8 Å². The minimum absolute atomic E-state index is 0.417. The van der Waals surface area contributed by atoms with E-state index in [1.54, 1.807) is 0 Å². The second-order valence-electron chi connectivity index (χ2n) is 4.92. The third-order valence-corrected chi connectivity index (χ3v) is 3.16. The van der Waals surface area contributed by atoms with Crippen LogP contribution in [0.4, 0.5) is 0 Å². The van der Waals surface area contributed by atoms with Gasteiger partial charge in [-0.25, -0.2) is 0 Å². The predicted octanol–water partition coefficient (Wildman–Crippen LogP) is 1.47. The molecule has 0 spiro atoms. The number of nitrogens with two attached hydrogens (primary N) is 1. The molecule has 15 heavy (non-hydrogen) atoms. The van der Waals surface area contributed by atoms with E-state index in [0.29, 0.717) is 12.1 Å². The van der Waals surface area contributed by atoms with Crippen molar-refractivity contribution in [1.82, 2.24) is 4.90 Å². The molecule has 2 atom stereocenters. The first kappa shape index (κ1) is 12.9. The Hall–Kier alpha value is -0.120. The van der Waals surface area contributed by atoms with Gasteiger partial charge >= 0.3 is 0 Å². The summed E-state index contributed by atoms with van der Waals surface area (Å²) in [5.41, 5.74) is 5.86. The average molecular weight is 214 g/mol. The maximum Gasteiger partial charge on any atom is 0.0700 e. The van der Waals surface area contributed by atoms with E-state index in [0.717, 1.165) is 38.6 Å². The maximum atomic E-state index is 5.86. The molecule has 0 amide bonds. The molecule has 1 aliphatic rings. The van der Waals surface area contributed by atoms with Crippen molar-refractivity contribution in [2.45, 2.75) is 45.8 Å². The Morgan fingerprint density at radius 3 is 2.73 bits per heavy atom. The first-order chi connectivity index (χ1) is 7.17. The molecule has 3 nitrogen and oxygen atoms in total. The van der Waals surface area contributed by atoms with E-state index in [2.05, 4.69) is 25.7 Å². The topological polar surface area (TPSA) is 38.5 Å². The van der Waals surface area contributed by atoms with Crippen molar-refractivity contribution in [3.8, 4) is 0 Å². The van der Waals surface area contributed by atoms with Gasteiger partial charge in [0.15, 0.2) is 0 Å². The lowest BCUT2D eigenvalue weighted by Crippen LogP contribution is -2.50. The van der Waals surface area contributed by atoms with Gasteiger partial charge in [-0.05, 0) is 18.8 Å². The molecule has 0 bridgehead atoms. The molecule has 1 saturated heterocycles. The van der Waals surface area contributed by atoms with E-state index in [1.807, 2.05) is 0 Å². The summed E-state index contributed by atoms with van der Waals surface area (Å²) in [6.07, 6.45) is 2.72. The molecule has 1 rings (SSSR count). The minimum Gasteiger partial charge on any atom is -0.376 e. The van der Waals surface area contributed by atoms with Crippen molar-refractivity contribution in [3.05, 3.63) is 0 Å². The van der Waals surface area contributed by atoms with Crippen LogP contribution in [0.2, 0.25) is 0 Å². The first-order valence-corrected chi connectivity index (χ1v) is 6.23. The van der Waals surface area contributed by atoms with Gasteiger partial charge in [-0.3, -0.25) is 4.90 Å². The Labute approximate surface area is 94.0 Å². The zero-order valence-electron chi connectivity index (χ0n) is 10.4. The fourth-order valence-corrected chi connectivity index (χ4v) is 2.26. The maximum absolute atomic E-state index is 5.86. The SMILES string of the molecule is CCC1CN(C(CN)CC(C)C)CCO1. The Bertz CT molecular complexity index is 173. The highest BCUT2D eigenvalue weighted by Crippen LogP contribution is 2.16. The monoisotopic (exact) mass is 214 g/mol. The van der Waals surface area contributed by atoms with Crippen molar-refractivity contribution in [2.24, 2.45) is 11.7 Å². The number of rotatable bonds is 5. The fourth-order valence-electron chi connectivity index (χ4n) is 2.26. The number of hydrogen-bond donors (Lipinski definition) is 1. The summed E-state index contributed by atoms with van der Waals surface area (Å²) >= 11 is 0. The second kappa shape index (κ2) is 6.46. The van der Waals surface area contributed by atoms with E-state index in [4.69, 9.17) is 10.5 Å². The molecule has 0 radical (unpaired) electrons. The van der Waals surface area contributed by atoms with E-state index in [1.165, 1.54) is 6.42 Å². The number of hydrogen-bond acceptors (Lipinski definition) is 3. The highest BCUT2D eigenvalue weighted by atomic mass is 16.5.